The quantitative estimate of drug-likeness (QED) is 0.336. The number of hydrogen-bond acceptors (Lipinski definition) is 6. The Labute approximate surface area is 198 Å². The number of methoxy groups -OCH3 is 2. The highest BCUT2D eigenvalue weighted by atomic mass is 16.5. The van der Waals surface area contributed by atoms with E-state index in [1.54, 1.807) is 42.7 Å². The van der Waals surface area contributed by atoms with Crippen LogP contribution in [0.15, 0.2) is 66.5 Å². The zero-order valence-electron chi connectivity index (χ0n) is 19.5. The third kappa shape index (κ3) is 4.12. The van der Waals surface area contributed by atoms with Crippen molar-refractivity contribution in [3.8, 4) is 11.5 Å². The van der Waals surface area contributed by atoms with Gasteiger partial charge in [-0.3, -0.25) is 14.6 Å². The molecular weight excluding hydrogens is 432 g/mol. The second-order valence-electron chi connectivity index (χ2n) is 8.21. The first kappa shape index (κ1) is 23.0. The van der Waals surface area contributed by atoms with Crippen molar-refractivity contribution >= 4 is 17.4 Å². The summed E-state index contributed by atoms with van der Waals surface area (Å²) in [6.07, 6.45) is 3.22. The number of aliphatic hydroxyl groups excluding tert-OH is 1. The van der Waals surface area contributed by atoms with E-state index in [1.807, 2.05) is 32.0 Å². The van der Waals surface area contributed by atoms with Crippen LogP contribution in [0.25, 0.3) is 5.76 Å². The minimum absolute atomic E-state index is 0.00762. The molecule has 0 radical (unpaired) electrons. The van der Waals surface area contributed by atoms with E-state index in [9.17, 15) is 14.7 Å². The van der Waals surface area contributed by atoms with Gasteiger partial charge in [-0.15, -0.1) is 0 Å². The highest BCUT2D eigenvalue weighted by Gasteiger charge is 2.46. The molecule has 7 heteroatoms. The lowest BCUT2D eigenvalue weighted by Crippen LogP contribution is -2.29. The molecule has 7 nitrogen and oxygen atoms in total. The zero-order valence-corrected chi connectivity index (χ0v) is 19.5. The van der Waals surface area contributed by atoms with E-state index in [0.717, 1.165) is 16.7 Å². The number of ether oxygens (including phenoxy) is 2. The summed E-state index contributed by atoms with van der Waals surface area (Å²) in [6.45, 7) is 4.16. The SMILES string of the molecule is COc1ccc(/C(O)=C2/C(=O)C(=O)N(Cc3cc(C)ccc3C)C2c2cccnc2)c(OC)c1. The number of amides is 1. The fraction of sp³-hybridized carbons (Fsp3) is 0.222. The summed E-state index contributed by atoms with van der Waals surface area (Å²) >= 11 is 0. The number of hydrogen-bond donors (Lipinski definition) is 1. The van der Waals surface area contributed by atoms with Crippen molar-refractivity contribution in [3.05, 3.63) is 94.3 Å². The molecule has 1 amide bonds. The minimum atomic E-state index is -0.805. The number of benzene rings is 2. The lowest BCUT2D eigenvalue weighted by atomic mass is 9.95. The molecule has 1 unspecified atom stereocenters. The van der Waals surface area contributed by atoms with Gasteiger partial charge in [-0.25, -0.2) is 0 Å². The maximum atomic E-state index is 13.3. The van der Waals surface area contributed by atoms with Gasteiger partial charge in [0.1, 0.15) is 17.3 Å². The van der Waals surface area contributed by atoms with Crippen LogP contribution in [-0.4, -0.2) is 40.9 Å². The van der Waals surface area contributed by atoms with Crippen LogP contribution in [0.2, 0.25) is 0 Å². The molecular formula is C27H26N2O5. The van der Waals surface area contributed by atoms with Crippen molar-refractivity contribution in [1.82, 2.24) is 9.88 Å². The van der Waals surface area contributed by atoms with Crippen LogP contribution in [0.5, 0.6) is 11.5 Å². The Morgan fingerprint density at radius 2 is 1.85 bits per heavy atom. The van der Waals surface area contributed by atoms with Crippen molar-refractivity contribution in [1.29, 1.82) is 0 Å². The summed E-state index contributed by atoms with van der Waals surface area (Å²) in [5.41, 5.74) is 3.90. The van der Waals surface area contributed by atoms with E-state index in [2.05, 4.69) is 4.98 Å². The van der Waals surface area contributed by atoms with Crippen LogP contribution in [0.3, 0.4) is 0 Å². The monoisotopic (exact) mass is 458 g/mol. The molecule has 1 aromatic heterocycles. The molecule has 2 heterocycles. The van der Waals surface area contributed by atoms with Crippen molar-refractivity contribution in [2.75, 3.05) is 14.2 Å². The summed E-state index contributed by atoms with van der Waals surface area (Å²) in [6, 6.07) is 13.6. The molecule has 1 fully saturated rings. The predicted molar refractivity (Wildman–Crippen MR) is 128 cm³/mol. The first-order valence-corrected chi connectivity index (χ1v) is 10.8. The van der Waals surface area contributed by atoms with Crippen molar-refractivity contribution in [2.45, 2.75) is 26.4 Å². The van der Waals surface area contributed by atoms with E-state index in [-0.39, 0.29) is 17.9 Å². The van der Waals surface area contributed by atoms with Crippen molar-refractivity contribution in [2.24, 2.45) is 0 Å². The second kappa shape index (κ2) is 9.39. The third-order valence-electron chi connectivity index (χ3n) is 6.05. The number of nitrogens with zero attached hydrogens (tertiary/aromatic N) is 2. The molecule has 0 saturated carbocycles. The van der Waals surface area contributed by atoms with Gasteiger partial charge in [0.05, 0.1) is 31.4 Å². The number of rotatable bonds is 6. The maximum absolute atomic E-state index is 13.3. The number of Topliss-reactive ketones (excluding diaryl/α,β-unsaturated/α-hetero) is 1. The highest BCUT2D eigenvalue weighted by molar-refractivity contribution is 6.46. The van der Waals surface area contributed by atoms with Crippen LogP contribution in [-0.2, 0) is 16.1 Å². The van der Waals surface area contributed by atoms with Gasteiger partial charge in [0.15, 0.2) is 0 Å². The predicted octanol–water partition coefficient (Wildman–Crippen LogP) is 4.34. The molecule has 34 heavy (non-hydrogen) atoms. The fourth-order valence-corrected chi connectivity index (χ4v) is 4.22. The number of pyridine rings is 1. The van der Waals surface area contributed by atoms with E-state index in [0.29, 0.717) is 22.6 Å². The van der Waals surface area contributed by atoms with Crippen molar-refractivity contribution in [3.63, 3.8) is 0 Å². The van der Waals surface area contributed by atoms with Gasteiger partial charge in [-0.1, -0.05) is 29.8 Å². The van der Waals surface area contributed by atoms with E-state index in [4.69, 9.17) is 9.47 Å². The number of aliphatic hydroxyl groups is 1. The Morgan fingerprint density at radius 1 is 1.06 bits per heavy atom. The molecule has 1 atom stereocenters. The number of ketones is 1. The van der Waals surface area contributed by atoms with Gasteiger partial charge in [0.25, 0.3) is 11.7 Å². The summed E-state index contributed by atoms with van der Waals surface area (Å²) < 4.78 is 10.7. The Morgan fingerprint density at radius 3 is 2.53 bits per heavy atom. The topological polar surface area (TPSA) is 89.0 Å². The Kier molecular flexibility index (Phi) is 6.36. The Bertz CT molecular complexity index is 1280. The summed E-state index contributed by atoms with van der Waals surface area (Å²) in [4.78, 5) is 32.2. The molecule has 4 rings (SSSR count). The second-order valence-corrected chi connectivity index (χ2v) is 8.21. The fourth-order valence-electron chi connectivity index (χ4n) is 4.22. The van der Waals surface area contributed by atoms with Gasteiger partial charge < -0.3 is 19.5 Å². The molecule has 2 aromatic carbocycles. The first-order chi connectivity index (χ1) is 16.3. The summed E-state index contributed by atoms with van der Waals surface area (Å²) in [7, 11) is 2.98. The number of carbonyl (C=O) groups excluding carboxylic acids is 2. The number of aryl methyl sites for hydroxylation is 2. The van der Waals surface area contributed by atoms with Gasteiger partial charge in [0, 0.05) is 25.0 Å². The van der Waals surface area contributed by atoms with Gasteiger partial charge in [-0.2, -0.15) is 0 Å². The van der Waals surface area contributed by atoms with Gasteiger partial charge in [-0.05, 0) is 48.7 Å². The van der Waals surface area contributed by atoms with Crippen molar-refractivity contribution < 1.29 is 24.2 Å². The lowest BCUT2D eigenvalue weighted by Gasteiger charge is -2.26. The average Bonchev–Trinajstić information content (AvgIpc) is 3.10. The Hall–Kier alpha value is -4.13. The molecule has 0 aliphatic carbocycles. The molecule has 0 bridgehead atoms. The molecule has 1 saturated heterocycles. The van der Waals surface area contributed by atoms with Crippen LogP contribution in [0.4, 0.5) is 0 Å². The smallest absolute Gasteiger partial charge is 0.295 e. The maximum Gasteiger partial charge on any atom is 0.295 e. The molecule has 1 aliphatic rings. The van der Waals surface area contributed by atoms with Crippen LogP contribution in [0, 0.1) is 13.8 Å². The van der Waals surface area contributed by atoms with E-state index in [1.165, 1.54) is 19.1 Å². The average molecular weight is 459 g/mol. The zero-order chi connectivity index (χ0) is 24.4. The number of aromatic nitrogens is 1. The molecule has 3 aromatic rings. The van der Waals surface area contributed by atoms with Gasteiger partial charge in [0.2, 0.25) is 0 Å². The summed E-state index contributed by atoms with van der Waals surface area (Å²) in [5.74, 6) is -0.886. The molecule has 0 spiro atoms. The highest BCUT2D eigenvalue weighted by Crippen LogP contribution is 2.42. The first-order valence-electron chi connectivity index (χ1n) is 10.8. The van der Waals surface area contributed by atoms with Crippen LogP contribution in [0.1, 0.15) is 33.9 Å². The molecule has 1 N–H and O–H groups in total. The molecule has 174 valence electrons. The molecule has 1 aliphatic heterocycles. The standard InChI is InChI=1S/C27H26N2O5/c1-16-7-8-17(2)19(12-16)15-29-24(18-6-5-11-28-14-18)23(26(31)27(29)32)25(30)21-10-9-20(33-3)13-22(21)34-4/h5-14,24,30H,15H2,1-4H3/b25-23-. The van der Waals surface area contributed by atoms with Crippen LogP contribution < -0.4 is 9.47 Å². The Balaban J connectivity index is 1.89. The number of carbonyl (C=O) groups is 2. The lowest BCUT2D eigenvalue weighted by molar-refractivity contribution is -0.140. The summed E-state index contributed by atoms with van der Waals surface area (Å²) in [5, 5.41) is 11.3. The largest absolute Gasteiger partial charge is 0.507 e. The number of likely N-dealkylation sites (tertiary alicyclic amines) is 1. The van der Waals surface area contributed by atoms with E-state index < -0.39 is 17.7 Å². The van der Waals surface area contributed by atoms with E-state index >= 15 is 0 Å². The third-order valence-corrected chi connectivity index (χ3v) is 6.05. The minimum Gasteiger partial charge on any atom is -0.507 e. The normalized spacial score (nSPS) is 17.2. The van der Waals surface area contributed by atoms with Crippen LogP contribution >= 0.6 is 0 Å². The van der Waals surface area contributed by atoms with Gasteiger partial charge >= 0.3 is 0 Å².